The van der Waals surface area contributed by atoms with Crippen LogP contribution in [0.5, 0.6) is 17.2 Å². The molecule has 1 unspecified atom stereocenters. The zero-order valence-corrected chi connectivity index (χ0v) is 34.7. The Bertz CT molecular complexity index is 2410. The van der Waals surface area contributed by atoms with Crippen LogP contribution in [0.1, 0.15) is 61.1 Å². The highest BCUT2D eigenvalue weighted by Crippen LogP contribution is 2.37. The Balaban J connectivity index is 0.000000190. The molecule has 1 aliphatic heterocycles. The van der Waals surface area contributed by atoms with Crippen LogP contribution in [0.25, 0.3) is 21.8 Å². The lowest BCUT2D eigenvalue weighted by molar-refractivity contribution is 0.0338. The summed E-state index contributed by atoms with van der Waals surface area (Å²) >= 11 is 0. The van der Waals surface area contributed by atoms with Crippen LogP contribution in [-0.4, -0.2) is 63.0 Å². The molecule has 1 fully saturated rings. The molecule has 1 atom stereocenters. The fourth-order valence-corrected chi connectivity index (χ4v) is 6.79. The van der Waals surface area contributed by atoms with Gasteiger partial charge in [-0.3, -0.25) is 14.9 Å². The molecule has 7 aromatic rings. The Morgan fingerprint density at radius 2 is 1.50 bits per heavy atom. The molecule has 0 saturated carbocycles. The number of benzene rings is 4. The molecule has 310 valence electrons. The Labute approximate surface area is 353 Å². The molecule has 3 aromatic heterocycles. The first-order valence-corrected chi connectivity index (χ1v) is 20.6. The molecule has 0 bridgehead atoms. The highest BCUT2D eigenvalue weighted by Gasteiger charge is 2.21. The third-order valence-corrected chi connectivity index (χ3v) is 9.72. The monoisotopic (exact) mass is 805 g/mol. The average molecular weight is 806 g/mol. The van der Waals surface area contributed by atoms with Crippen molar-refractivity contribution >= 4 is 27.6 Å². The van der Waals surface area contributed by atoms with Crippen molar-refractivity contribution < 1.29 is 24.4 Å². The number of nitrogens with zero attached hydrogens (tertiary/aromatic N) is 4. The van der Waals surface area contributed by atoms with E-state index in [-0.39, 0.29) is 17.5 Å². The first-order chi connectivity index (χ1) is 29.5. The zero-order valence-electron chi connectivity index (χ0n) is 34.7. The normalized spacial score (nSPS) is 13.2. The van der Waals surface area contributed by atoms with E-state index < -0.39 is 0 Å². The fourth-order valence-electron chi connectivity index (χ4n) is 6.79. The number of allylic oxidation sites excluding steroid dienone is 1. The van der Waals surface area contributed by atoms with Crippen molar-refractivity contribution in [1.29, 1.82) is 0 Å². The summed E-state index contributed by atoms with van der Waals surface area (Å²) in [5.41, 5.74) is 5.97. The van der Waals surface area contributed by atoms with Crippen molar-refractivity contribution in [3.8, 4) is 17.2 Å². The number of phenolic OH excluding ortho intramolecular Hbond substituents is 2. The van der Waals surface area contributed by atoms with Gasteiger partial charge < -0.3 is 29.7 Å². The fraction of sp³-hybridized carbons (Fsp3) is 0.260. The van der Waals surface area contributed by atoms with Crippen LogP contribution < -0.4 is 10.1 Å². The molecule has 60 heavy (non-hydrogen) atoms. The second-order valence-corrected chi connectivity index (χ2v) is 14.3. The second kappa shape index (κ2) is 22.7. The van der Waals surface area contributed by atoms with Gasteiger partial charge in [0.25, 0.3) is 0 Å². The number of hydrogen-bond acceptors (Lipinski definition) is 10. The topological polar surface area (TPSA) is 122 Å². The Kier molecular flexibility index (Phi) is 16.4. The van der Waals surface area contributed by atoms with E-state index in [1.54, 1.807) is 18.6 Å². The number of aromatic nitrogens is 3. The van der Waals surface area contributed by atoms with Crippen LogP contribution in [0, 0.1) is 0 Å². The highest BCUT2D eigenvalue weighted by atomic mass is 16.5. The molecular weight excluding hydrogens is 751 g/mol. The largest absolute Gasteiger partial charge is 0.505 e. The van der Waals surface area contributed by atoms with Gasteiger partial charge in [-0.05, 0) is 66.1 Å². The molecule has 1 aliphatic rings. The number of fused-ring (bicyclic) bond motifs is 2. The number of morpholine rings is 1. The Morgan fingerprint density at radius 1 is 0.750 bits per heavy atom. The third-order valence-electron chi connectivity index (χ3n) is 9.72. The van der Waals surface area contributed by atoms with Crippen LogP contribution in [0.4, 0.5) is 5.82 Å². The molecule has 0 radical (unpaired) electrons. The quantitative estimate of drug-likeness (QED) is 0.0971. The maximum Gasteiger partial charge on any atom is 0.147 e. The molecule has 8 rings (SSSR count). The minimum atomic E-state index is -0.337. The molecule has 4 aromatic carbocycles. The predicted octanol–water partition coefficient (Wildman–Crippen LogP) is 10.4. The van der Waals surface area contributed by atoms with Crippen molar-refractivity contribution in [1.82, 2.24) is 19.9 Å². The number of nitrogens with one attached hydrogen (secondary N) is 1. The molecule has 3 N–H and O–H groups in total. The van der Waals surface area contributed by atoms with E-state index in [0.29, 0.717) is 43.2 Å². The minimum absolute atomic E-state index is 0.154. The van der Waals surface area contributed by atoms with E-state index in [2.05, 4.69) is 57.2 Å². The predicted molar refractivity (Wildman–Crippen MR) is 240 cm³/mol. The first-order valence-electron chi connectivity index (χ1n) is 20.6. The van der Waals surface area contributed by atoms with E-state index in [1.807, 2.05) is 116 Å². The lowest BCUT2D eigenvalue weighted by atomic mass is 9.96. The molecule has 0 amide bonds. The van der Waals surface area contributed by atoms with Gasteiger partial charge in [0.05, 0.1) is 32.5 Å². The maximum absolute atomic E-state index is 11.0. The number of pyridine rings is 3. The van der Waals surface area contributed by atoms with Crippen molar-refractivity contribution in [2.45, 2.75) is 53.0 Å². The summed E-state index contributed by atoms with van der Waals surface area (Å²) in [4.78, 5) is 15.5. The van der Waals surface area contributed by atoms with Crippen LogP contribution >= 0.6 is 0 Å². The van der Waals surface area contributed by atoms with Crippen LogP contribution in [-0.2, 0) is 29.2 Å². The van der Waals surface area contributed by atoms with Gasteiger partial charge in [0.15, 0.2) is 0 Å². The van der Waals surface area contributed by atoms with Crippen LogP contribution in [0.3, 0.4) is 0 Å². The second-order valence-electron chi connectivity index (χ2n) is 14.3. The SMILES string of the molecule is C/C=C/COc1cccc(C(Nc2ccccn2)c2ccc3cccnc3c2O)c1.CCC.Oc1c(CN2CCOCC2)cc(COCc2ccccc2)c2cccnc12. The number of hydrogen-bond donors (Lipinski definition) is 3. The summed E-state index contributed by atoms with van der Waals surface area (Å²) in [5.74, 6) is 1.89. The van der Waals surface area contributed by atoms with Gasteiger partial charge in [-0.1, -0.05) is 105 Å². The van der Waals surface area contributed by atoms with E-state index >= 15 is 0 Å². The number of anilines is 1. The molecule has 0 aliphatic carbocycles. The minimum Gasteiger partial charge on any atom is -0.505 e. The molecular formula is C50H55N5O5. The maximum atomic E-state index is 11.0. The number of rotatable bonds is 13. The number of phenols is 2. The van der Waals surface area contributed by atoms with E-state index in [4.69, 9.17) is 14.2 Å². The van der Waals surface area contributed by atoms with Crippen molar-refractivity contribution in [2.24, 2.45) is 0 Å². The average Bonchev–Trinajstić information content (AvgIpc) is 3.29. The van der Waals surface area contributed by atoms with Crippen molar-refractivity contribution in [2.75, 3.05) is 38.2 Å². The summed E-state index contributed by atoms with van der Waals surface area (Å²) in [6.45, 7) is 11.7. The van der Waals surface area contributed by atoms with Gasteiger partial charge in [-0.25, -0.2) is 4.98 Å². The standard InChI is InChI=1S/C25H23N3O2.C22H24N2O3.C3H8/c1-2-3-16-30-20-10-6-8-19(17-20)23(28-22-11-4-5-14-26-22)21-13-12-18-9-7-15-27-24(18)25(21)29;25-22-18(14-24-9-11-26-12-10-24)13-19(20-7-4-8-23-21(20)22)16-27-15-17-5-2-1-3-6-17;1-3-2/h2-15,17,23,29H,16H2,1H3,(H,26,28);1-8,13,25H,9-12,14-16H2;3H2,1-2H3/b3-2+;;. The van der Waals surface area contributed by atoms with Crippen LogP contribution in [0.15, 0.2) is 146 Å². The summed E-state index contributed by atoms with van der Waals surface area (Å²) in [6.07, 6.45) is 10.3. The zero-order chi connectivity index (χ0) is 41.9. The highest BCUT2D eigenvalue weighted by molar-refractivity contribution is 5.88. The molecule has 4 heterocycles. The van der Waals surface area contributed by atoms with Gasteiger partial charge in [-0.2, -0.15) is 0 Å². The van der Waals surface area contributed by atoms with Gasteiger partial charge in [0.1, 0.15) is 40.7 Å². The molecule has 10 nitrogen and oxygen atoms in total. The van der Waals surface area contributed by atoms with E-state index in [9.17, 15) is 10.2 Å². The molecule has 10 heteroatoms. The summed E-state index contributed by atoms with van der Waals surface area (Å²) in [5, 5.41) is 27.1. The third kappa shape index (κ3) is 11.9. The van der Waals surface area contributed by atoms with Crippen molar-refractivity contribution in [3.05, 3.63) is 174 Å². The smallest absolute Gasteiger partial charge is 0.147 e. The summed E-state index contributed by atoms with van der Waals surface area (Å²) in [6, 6.07) is 37.0. The van der Waals surface area contributed by atoms with Gasteiger partial charge >= 0.3 is 0 Å². The van der Waals surface area contributed by atoms with Crippen molar-refractivity contribution in [3.63, 3.8) is 0 Å². The Hall–Kier alpha value is -6.33. The number of ether oxygens (including phenoxy) is 3. The molecule has 1 saturated heterocycles. The van der Waals surface area contributed by atoms with Crippen LogP contribution in [0.2, 0.25) is 0 Å². The van der Waals surface area contributed by atoms with E-state index in [1.165, 1.54) is 6.42 Å². The Morgan fingerprint density at radius 3 is 2.27 bits per heavy atom. The van der Waals surface area contributed by atoms with Gasteiger partial charge in [-0.15, -0.1) is 0 Å². The summed E-state index contributed by atoms with van der Waals surface area (Å²) in [7, 11) is 0. The lowest BCUT2D eigenvalue weighted by Crippen LogP contribution is -2.35. The first kappa shape index (κ1) is 43.3. The van der Waals surface area contributed by atoms with Gasteiger partial charge in [0, 0.05) is 60.1 Å². The molecule has 0 spiro atoms. The lowest BCUT2D eigenvalue weighted by Gasteiger charge is -2.27. The van der Waals surface area contributed by atoms with Gasteiger partial charge in [0.2, 0.25) is 0 Å². The van der Waals surface area contributed by atoms with E-state index in [0.717, 1.165) is 70.6 Å². The number of aromatic hydroxyl groups is 2. The summed E-state index contributed by atoms with van der Waals surface area (Å²) < 4.78 is 17.2.